The molecule has 154 valence electrons. The second kappa shape index (κ2) is 8.21. The Kier molecular flexibility index (Phi) is 5.49. The predicted molar refractivity (Wildman–Crippen MR) is 109 cm³/mol. The molecular formula is C22H26N2O5. The molecule has 2 aliphatic rings. The zero-order valence-electron chi connectivity index (χ0n) is 16.9. The van der Waals surface area contributed by atoms with E-state index in [9.17, 15) is 4.79 Å². The zero-order valence-corrected chi connectivity index (χ0v) is 16.9. The molecule has 2 aliphatic heterocycles. The Morgan fingerprint density at radius 2 is 1.83 bits per heavy atom. The first-order valence-electron chi connectivity index (χ1n) is 9.74. The van der Waals surface area contributed by atoms with E-state index in [0.717, 1.165) is 30.7 Å². The van der Waals surface area contributed by atoms with Gasteiger partial charge in [0.25, 0.3) is 5.91 Å². The van der Waals surface area contributed by atoms with Crippen LogP contribution in [0.1, 0.15) is 34.9 Å². The molecule has 2 heterocycles. The molecule has 2 atom stereocenters. The quantitative estimate of drug-likeness (QED) is 0.804. The summed E-state index contributed by atoms with van der Waals surface area (Å²) < 4.78 is 22.3. The molecule has 0 spiro atoms. The Bertz CT molecular complexity index is 870. The molecule has 1 fully saturated rings. The number of carbonyl (C=O) groups is 1. The molecule has 2 aromatic rings. The van der Waals surface area contributed by atoms with Gasteiger partial charge in [-0.2, -0.15) is 0 Å². The van der Waals surface area contributed by atoms with Crippen molar-refractivity contribution in [2.75, 3.05) is 39.8 Å². The van der Waals surface area contributed by atoms with Crippen molar-refractivity contribution >= 4 is 11.6 Å². The topological polar surface area (TPSA) is 69.3 Å². The van der Waals surface area contributed by atoms with E-state index in [-0.39, 0.29) is 18.2 Å². The number of nitrogens with zero attached hydrogens (tertiary/aromatic N) is 1. The number of rotatable bonds is 6. The largest absolute Gasteiger partial charge is 0.493 e. The van der Waals surface area contributed by atoms with Gasteiger partial charge in [0.1, 0.15) is 6.17 Å². The van der Waals surface area contributed by atoms with E-state index in [0.29, 0.717) is 29.4 Å². The van der Waals surface area contributed by atoms with E-state index >= 15 is 0 Å². The minimum atomic E-state index is -0.379. The lowest BCUT2D eigenvalue weighted by atomic mass is 10.0. The molecule has 29 heavy (non-hydrogen) atoms. The first-order chi connectivity index (χ1) is 14.2. The molecular weight excluding hydrogens is 372 g/mol. The number of methoxy groups -OCH3 is 3. The summed E-state index contributed by atoms with van der Waals surface area (Å²) in [6.45, 7) is 1.26. The number of para-hydroxylation sites is 1. The Morgan fingerprint density at radius 3 is 2.45 bits per heavy atom. The molecule has 0 radical (unpaired) electrons. The number of carbonyl (C=O) groups excluding carboxylic acids is 1. The van der Waals surface area contributed by atoms with E-state index in [1.807, 2.05) is 41.3 Å². The summed E-state index contributed by atoms with van der Waals surface area (Å²) in [5.74, 6) is 1.60. The fourth-order valence-electron chi connectivity index (χ4n) is 4.01. The lowest BCUT2D eigenvalue weighted by Crippen LogP contribution is -2.46. The van der Waals surface area contributed by atoms with Gasteiger partial charge in [0, 0.05) is 24.4 Å². The smallest absolute Gasteiger partial charge is 0.257 e. The minimum absolute atomic E-state index is 0.0198. The molecule has 0 bridgehead atoms. The zero-order chi connectivity index (χ0) is 20.4. The molecule has 0 aliphatic carbocycles. The fraction of sp³-hybridized carbons (Fsp3) is 0.409. The average Bonchev–Trinajstić information content (AvgIpc) is 3.27. The van der Waals surface area contributed by atoms with E-state index in [1.165, 1.54) is 0 Å². The summed E-state index contributed by atoms with van der Waals surface area (Å²) >= 11 is 0. The van der Waals surface area contributed by atoms with Crippen molar-refractivity contribution in [2.45, 2.75) is 25.1 Å². The van der Waals surface area contributed by atoms with Crippen LogP contribution in [-0.2, 0) is 4.74 Å². The van der Waals surface area contributed by atoms with Gasteiger partial charge < -0.3 is 29.2 Å². The van der Waals surface area contributed by atoms with E-state index < -0.39 is 0 Å². The Labute approximate surface area is 170 Å². The number of fused-ring (bicyclic) bond motifs is 1. The van der Waals surface area contributed by atoms with Gasteiger partial charge in [-0.25, -0.2) is 0 Å². The molecule has 4 rings (SSSR count). The van der Waals surface area contributed by atoms with Crippen LogP contribution in [0, 0.1) is 0 Å². The summed E-state index contributed by atoms with van der Waals surface area (Å²) in [5, 5.41) is 3.51. The number of ether oxygens (including phenoxy) is 4. The van der Waals surface area contributed by atoms with Crippen LogP contribution in [0.2, 0.25) is 0 Å². The van der Waals surface area contributed by atoms with Gasteiger partial charge >= 0.3 is 0 Å². The standard InChI is InChI=1S/C22H26N2O5/c1-26-18-11-14(12-19(27-2)20(18)28-3)21-23-17-9-5-4-8-16(17)22(25)24(21)13-15-7-6-10-29-15/h4-5,8-9,11-12,15,21,23H,6-7,10,13H2,1-3H3. The first kappa shape index (κ1) is 19.4. The first-order valence-corrected chi connectivity index (χ1v) is 9.74. The van der Waals surface area contributed by atoms with Crippen LogP contribution in [0.5, 0.6) is 17.2 Å². The van der Waals surface area contributed by atoms with Gasteiger partial charge in [-0.1, -0.05) is 12.1 Å². The number of benzene rings is 2. The number of hydrogen-bond donors (Lipinski definition) is 1. The van der Waals surface area contributed by atoms with Crippen LogP contribution < -0.4 is 19.5 Å². The fourth-order valence-corrected chi connectivity index (χ4v) is 4.01. The molecule has 2 unspecified atom stereocenters. The second-order valence-corrected chi connectivity index (χ2v) is 7.14. The van der Waals surface area contributed by atoms with Crippen LogP contribution in [0.4, 0.5) is 5.69 Å². The van der Waals surface area contributed by atoms with Gasteiger partial charge in [0.15, 0.2) is 11.5 Å². The van der Waals surface area contributed by atoms with Crippen LogP contribution >= 0.6 is 0 Å². The SMILES string of the molecule is COc1cc(C2Nc3ccccc3C(=O)N2CC2CCCO2)cc(OC)c1OC. The van der Waals surface area contributed by atoms with Crippen molar-refractivity contribution in [1.82, 2.24) is 4.90 Å². The molecule has 1 saturated heterocycles. The summed E-state index contributed by atoms with van der Waals surface area (Å²) in [4.78, 5) is 15.2. The maximum absolute atomic E-state index is 13.4. The highest BCUT2D eigenvalue weighted by molar-refractivity contribution is 6.01. The van der Waals surface area contributed by atoms with E-state index in [1.54, 1.807) is 21.3 Å². The predicted octanol–water partition coefficient (Wildman–Crippen LogP) is 3.46. The third-order valence-corrected chi connectivity index (χ3v) is 5.45. The van der Waals surface area contributed by atoms with Crippen molar-refractivity contribution in [3.63, 3.8) is 0 Å². The van der Waals surface area contributed by atoms with Gasteiger partial charge in [-0.05, 0) is 37.1 Å². The number of anilines is 1. The average molecular weight is 398 g/mol. The monoisotopic (exact) mass is 398 g/mol. The number of hydrogen-bond acceptors (Lipinski definition) is 6. The van der Waals surface area contributed by atoms with Crippen LogP contribution in [-0.4, -0.2) is 51.4 Å². The molecule has 0 aromatic heterocycles. The summed E-state index contributed by atoms with van der Waals surface area (Å²) in [7, 11) is 4.74. The third kappa shape index (κ3) is 3.58. The molecule has 1 N–H and O–H groups in total. The van der Waals surface area contributed by atoms with Crippen molar-refractivity contribution in [1.29, 1.82) is 0 Å². The molecule has 0 saturated carbocycles. The third-order valence-electron chi connectivity index (χ3n) is 5.45. The van der Waals surface area contributed by atoms with Gasteiger partial charge in [0.2, 0.25) is 5.75 Å². The number of nitrogens with one attached hydrogen (secondary N) is 1. The Hall–Kier alpha value is -2.93. The van der Waals surface area contributed by atoms with Crippen molar-refractivity contribution in [3.8, 4) is 17.2 Å². The van der Waals surface area contributed by atoms with Crippen LogP contribution in [0.25, 0.3) is 0 Å². The number of amides is 1. The van der Waals surface area contributed by atoms with Crippen molar-refractivity contribution < 1.29 is 23.7 Å². The van der Waals surface area contributed by atoms with Gasteiger partial charge in [0.05, 0.1) is 33.0 Å². The van der Waals surface area contributed by atoms with Gasteiger partial charge in [-0.3, -0.25) is 4.79 Å². The van der Waals surface area contributed by atoms with Crippen LogP contribution in [0.3, 0.4) is 0 Å². The highest BCUT2D eigenvalue weighted by Gasteiger charge is 2.36. The maximum Gasteiger partial charge on any atom is 0.257 e. The summed E-state index contributed by atoms with van der Waals surface area (Å²) in [5.41, 5.74) is 2.31. The lowest BCUT2D eigenvalue weighted by molar-refractivity contribution is 0.0426. The molecule has 7 heteroatoms. The normalized spacial score (nSPS) is 20.8. The molecule has 2 aromatic carbocycles. The maximum atomic E-state index is 13.4. The van der Waals surface area contributed by atoms with E-state index in [2.05, 4.69) is 5.32 Å². The lowest BCUT2D eigenvalue weighted by Gasteiger charge is -2.39. The Balaban J connectivity index is 1.77. The van der Waals surface area contributed by atoms with Crippen LogP contribution in [0.15, 0.2) is 36.4 Å². The molecule has 7 nitrogen and oxygen atoms in total. The minimum Gasteiger partial charge on any atom is -0.493 e. The summed E-state index contributed by atoms with van der Waals surface area (Å²) in [6, 6.07) is 11.3. The second-order valence-electron chi connectivity index (χ2n) is 7.14. The van der Waals surface area contributed by atoms with E-state index in [4.69, 9.17) is 18.9 Å². The van der Waals surface area contributed by atoms with Gasteiger partial charge in [-0.15, -0.1) is 0 Å². The molecule has 1 amide bonds. The highest BCUT2D eigenvalue weighted by atomic mass is 16.5. The van der Waals surface area contributed by atoms with Crippen molar-refractivity contribution in [3.05, 3.63) is 47.5 Å². The Morgan fingerprint density at radius 1 is 1.10 bits per heavy atom. The van der Waals surface area contributed by atoms with Crippen molar-refractivity contribution in [2.24, 2.45) is 0 Å². The highest BCUT2D eigenvalue weighted by Crippen LogP contribution is 2.42. The summed E-state index contributed by atoms with van der Waals surface area (Å²) in [6.07, 6.45) is 1.63.